The number of Topliss-reactive ketones (excluding diaryl/α,β-unsaturated/α-hetero) is 1. The summed E-state index contributed by atoms with van der Waals surface area (Å²) in [5, 5.41) is 3.21. The summed E-state index contributed by atoms with van der Waals surface area (Å²) >= 11 is 1.40. The standard InChI is InChI=1S/C23H28N2O6S2/c1-13-10-18(14(2)25(13)16-8-9-33(29,30)12-16)19(27)11-31-23(28)21-17-6-4-5-7-20(17)32-22(21)24-15(3)26/h10,16H,4-9,11-12H2,1-3H3,(H,24,26). The van der Waals surface area contributed by atoms with Gasteiger partial charge in [0.2, 0.25) is 11.7 Å². The minimum Gasteiger partial charge on any atom is -0.454 e. The van der Waals surface area contributed by atoms with E-state index in [1.165, 1.54) is 18.3 Å². The van der Waals surface area contributed by atoms with E-state index in [2.05, 4.69) is 5.32 Å². The number of anilines is 1. The van der Waals surface area contributed by atoms with Crippen LogP contribution in [-0.4, -0.2) is 48.8 Å². The second kappa shape index (κ2) is 9.06. The number of fused-ring (bicyclic) bond motifs is 1. The van der Waals surface area contributed by atoms with E-state index in [1.807, 2.05) is 11.5 Å². The Bertz CT molecular complexity index is 1240. The molecule has 0 saturated carbocycles. The molecule has 0 bridgehead atoms. The van der Waals surface area contributed by atoms with Crippen LogP contribution in [0.2, 0.25) is 0 Å². The van der Waals surface area contributed by atoms with E-state index in [4.69, 9.17) is 4.74 Å². The number of aromatic nitrogens is 1. The fourth-order valence-corrected chi connectivity index (χ4v) is 7.93. The molecule has 2 aliphatic rings. The van der Waals surface area contributed by atoms with Gasteiger partial charge in [-0.2, -0.15) is 0 Å². The van der Waals surface area contributed by atoms with Crippen molar-refractivity contribution in [1.82, 2.24) is 4.57 Å². The zero-order valence-electron chi connectivity index (χ0n) is 19.0. The smallest absolute Gasteiger partial charge is 0.341 e. The van der Waals surface area contributed by atoms with Crippen LogP contribution in [-0.2, 0) is 32.2 Å². The van der Waals surface area contributed by atoms with Gasteiger partial charge in [-0.25, -0.2) is 13.2 Å². The highest BCUT2D eigenvalue weighted by molar-refractivity contribution is 7.91. The topological polar surface area (TPSA) is 112 Å². The Labute approximate surface area is 197 Å². The summed E-state index contributed by atoms with van der Waals surface area (Å²) in [6.45, 7) is 4.61. The average Bonchev–Trinajstić information content (AvgIpc) is 3.37. The molecule has 178 valence electrons. The zero-order chi connectivity index (χ0) is 23.9. The predicted octanol–water partition coefficient (Wildman–Crippen LogP) is 3.40. The summed E-state index contributed by atoms with van der Waals surface area (Å²) in [6.07, 6.45) is 4.14. The van der Waals surface area contributed by atoms with Gasteiger partial charge in [0.05, 0.1) is 17.1 Å². The van der Waals surface area contributed by atoms with Crippen LogP contribution in [0.1, 0.15) is 74.8 Å². The van der Waals surface area contributed by atoms with E-state index in [-0.39, 0.29) is 29.2 Å². The van der Waals surface area contributed by atoms with Gasteiger partial charge < -0.3 is 14.6 Å². The van der Waals surface area contributed by atoms with E-state index in [0.717, 1.165) is 41.8 Å². The second-order valence-corrected chi connectivity index (χ2v) is 12.1. The number of ketones is 1. The van der Waals surface area contributed by atoms with Gasteiger partial charge in [0, 0.05) is 34.8 Å². The third-order valence-corrected chi connectivity index (χ3v) is 9.32. The van der Waals surface area contributed by atoms with Crippen LogP contribution >= 0.6 is 11.3 Å². The zero-order valence-corrected chi connectivity index (χ0v) is 20.7. The molecule has 0 radical (unpaired) electrons. The van der Waals surface area contributed by atoms with Gasteiger partial charge >= 0.3 is 5.97 Å². The highest BCUT2D eigenvalue weighted by atomic mass is 32.2. The van der Waals surface area contributed by atoms with E-state index in [1.54, 1.807) is 13.0 Å². The molecule has 1 saturated heterocycles. The van der Waals surface area contributed by atoms with Gasteiger partial charge in [0.1, 0.15) is 5.00 Å². The van der Waals surface area contributed by atoms with Crippen LogP contribution in [0.3, 0.4) is 0 Å². The molecule has 3 heterocycles. The fraction of sp³-hybridized carbons (Fsp3) is 0.522. The number of hydrogen-bond donors (Lipinski definition) is 1. The number of nitrogens with zero attached hydrogens (tertiary/aromatic N) is 1. The number of esters is 1. The number of carbonyl (C=O) groups is 3. The summed E-state index contributed by atoms with van der Waals surface area (Å²) in [4.78, 5) is 38.6. The molecular weight excluding hydrogens is 464 g/mol. The van der Waals surface area contributed by atoms with Crippen molar-refractivity contribution in [3.05, 3.63) is 39.0 Å². The Balaban J connectivity index is 1.51. The maximum Gasteiger partial charge on any atom is 0.341 e. The highest BCUT2D eigenvalue weighted by Crippen LogP contribution is 2.38. The molecule has 0 spiro atoms. The van der Waals surface area contributed by atoms with E-state index >= 15 is 0 Å². The van der Waals surface area contributed by atoms with E-state index in [9.17, 15) is 22.8 Å². The van der Waals surface area contributed by atoms with Crippen molar-refractivity contribution in [2.75, 3.05) is 23.4 Å². The number of aryl methyl sites for hydroxylation is 2. The van der Waals surface area contributed by atoms with Gasteiger partial charge in [-0.1, -0.05) is 0 Å². The Morgan fingerprint density at radius 3 is 2.61 bits per heavy atom. The van der Waals surface area contributed by atoms with Crippen LogP contribution in [0.15, 0.2) is 6.07 Å². The van der Waals surface area contributed by atoms with Crippen LogP contribution in [0, 0.1) is 13.8 Å². The van der Waals surface area contributed by atoms with E-state index < -0.39 is 22.4 Å². The van der Waals surface area contributed by atoms with Gasteiger partial charge in [-0.05, 0) is 57.6 Å². The first-order chi connectivity index (χ1) is 15.6. The quantitative estimate of drug-likeness (QED) is 0.489. The molecular formula is C23H28N2O6S2. The van der Waals surface area contributed by atoms with E-state index in [0.29, 0.717) is 28.2 Å². The normalized spacial score (nSPS) is 19.2. The minimum absolute atomic E-state index is 0.0706. The molecule has 1 N–H and O–H groups in total. The molecule has 10 heteroatoms. The van der Waals surface area contributed by atoms with Gasteiger partial charge in [-0.15, -0.1) is 11.3 Å². The number of thiophene rings is 1. The number of carbonyl (C=O) groups excluding carboxylic acids is 3. The van der Waals surface area contributed by atoms with Gasteiger partial charge in [-0.3, -0.25) is 9.59 Å². The van der Waals surface area contributed by atoms with Crippen molar-refractivity contribution >= 4 is 43.8 Å². The van der Waals surface area contributed by atoms with Crippen LogP contribution in [0.4, 0.5) is 5.00 Å². The number of nitrogens with one attached hydrogen (secondary N) is 1. The number of sulfone groups is 1. The molecule has 1 aliphatic carbocycles. The summed E-state index contributed by atoms with van der Waals surface area (Å²) in [5.74, 6) is -0.991. The highest BCUT2D eigenvalue weighted by Gasteiger charge is 2.32. The van der Waals surface area contributed by atoms with Crippen LogP contribution < -0.4 is 5.32 Å². The SMILES string of the molecule is CC(=O)Nc1sc2c(c1C(=O)OCC(=O)c1cc(C)n(C3CCS(=O)(=O)C3)c1C)CCCC2. The summed E-state index contributed by atoms with van der Waals surface area (Å²) in [6, 6.07) is 1.54. The molecule has 1 atom stereocenters. The second-order valence-electron chi connectivity index (χ2n) is 8.81. The van der Waals surface area contributed by atoms with Crippen molar-refractivity contribution in [3.8, 4) is 0 Å². The molecule has 33 heavy (non-hydrogen) atoms. The number of hydrogen-bond acceptors (Lipinski definition) is 7. The Kier molecular flexibility index (Phi) is 6.50. The fourth-order valence-electron chi connectivity index (χ4n) is 4.91. The lowest BCUT2D eigenvalue weighted by Crippen LogP contribution is -2.18. The number of rotatable bonds is 6. The molecule has 2 aromatic heterocycles. The average molecular weight is 493 g/mol. The molecule has 1 aliphatic heterocycles. The molecule has 4 rings (SSSR count). The van der Waals surface area contributed by atoms with Gasteiger partial charge in [0.25, 0.3) is 0 Å². The summed E-state index contributed by atoms with van der Waals surface area (Å²) < 4.78 is 31.1. The number of amides is 1. The molecule has 2 aromatic rings. The van der Waals surface area contributed by atoms with Crippen molar-refractivity contribution in [2.45, 2.75) is 58.9 Å². The first kappa shape index (κ1) is 23.7. The van der Waals surface area contributed by atoms with Crippen molar-refractivity contribution < 1.29 is 27.5 Å². The first-order valence-corrected chi connectivity index (χ1v) is 13.7. The Morgan fingerprint density at radius 1 is 1.21 bits per heavy atom. The molecule has 1 unspecified atom stereocenters. The molecule has 0 aromatic carbocycles. The Morgan fingerprint density at radius 2 is 1.94 bits per heavy atom. The first-order valence-electron chi connectivity index (χ1n) is 11.1. The lowest BCUT2D eigenvalue weighted by Gasteiger charge is -2.16. The third kappa shape index (κ3) is 4.77. The van der Waals surface area contributed by atoms with Crippen molar-refractivity contribution in [3.63, 3.8) is 0 Å². The summed E-state index contributed by atoms with van der Waals surface area (Å²) in [5.41, 5.74) is 3.19. The monoisotopic (exact) mass is 492 g/mol. The number of ether oxygens (including phenoxy) is 1. The van der Waals surface area contributed by atoms with Gasteiger partial charge in [0.15, 0.2) is 16.4 Å². The molecule has 1 amide bonds. The largest absolute Gasteiger partial charge is 0.454 e. The summed E-state index contributed by atoms with van der Waals surface area (Å²) in [7, 11) is -3.06. The minimum atomic E-state index is -3.06. The van der Waals surface area contributed by atoms with Crippen molar-refractivity contribution in [1.29, 1.82) is 0 Å². The maximum absolute atomic E-state index is 13.0. The van der Waals surface area contributed by atoms with Crippen LogP contribution in [0.5, 0.6) is 0 Å². The Hall–Kier alpha value is -2.46. The lowest BCUT2D eigenvalue weighted by molar-refractivity contribution is -0.114. The maximum atomic E-state index is 13.0. The molecule has 1 fully saturated rings. The van der Waals surface area contributed by atoms with Crippen LogP contribution in [0.25, 0.3) is 0 Å². The third-order valence-electron chi connectivity index (χ3n) is 6.36. The van der Waals surface area contributed by atoms with Crippen molar-refractivity contribution in [2.24, 2.45) is 0 Å². The lowest BCUT2D eigenvalue weighted by atomic mass is 9.95. The predicted molar refractivity (Wildman–Crippen MR) is 126 cm³/mol. The molecule has 8 nitrogen and oxygen atoms in total.